The Morgan fingerprint density at radius 3 is 2.67 bits per heavy atom. The Labute approximate surface area is 210 Å². The molecule has 190 valence electrons. The van der Waals surface area contributed by atoms with Crippen molar-refractivity contribution in [2.45, 2.75) is 37.4 Å². The molecule has 4 N–H and O–H groups in total. The van der Waals surface area contributed by atoms with Crippen molar-refractivity contribution in [2.75, 3.05) is 18.5 Å². The first kappa shape index (κ1) is 25.6. The first-order valence-electron chi connectivity index (χ1n) is 11.3. The van der Waals surface area contributed by atoms with Gasteiger partial charge in [-0.25, -0.2) is 18.4 Å². The van der Waals surface area contributed by atoms with Crippen molar-refractivity contribution < 1.29 is 28.3 Å². The average molecular weight is 519 g/mol. The fourth-order valence-electron chi connectivity index (χ4n) is 4.68. The number of anilines is 1. The minimum Gasteiger partial charge on any atom is -0.396 e. The number of carbonyl (C=O) groups is 3. The summed E-state index contributed by atoms with van der Waals surface area (Å²) in [5, 5.41) is 12.9. The van der Waals surface area contributed by atoms with Gasteiger partial charge in [0.15, 0.2) is 5.78 Å². The lowest BCUT2D eigenvalue weighted by Crippen LogP contribution is -2.43. The summed E-state index contributed by atoms with van der Waals surface area (Å²) in [6.07, 6.45) is 0.786. The number of nitrogens with one attached hydrogen (secondary N) is 1. The number of alkyl halides is 1. The molecule has 1 aliphatic heterocycles. The van der Waals surface area contributed by atoms with Crippen LogP contribution in [-0.2, 0) is 4.79 Å². The van der Waals surface area contributed by atoms with Gasteiger partial charge in [-0.15, -0.1) is 0 Å². The Morgan fingerprint density at radius 1 is 1.25 bits per heavy atom. The highest BCUT2D eigenvalue weighted by molar-refractivity contribution is 6.30. The lowest BCUT2D eigenvalue weighted by Gasteiger charge is -2.25. The molecule has 0 spiro atoms. The lowest BCUT2D eigenvalue weighted by molar-refractivity contribution is -0.123. The molecule has 8 nitrogen and oxygen atoms in total. The third-order valence-corrected chi connectivity index (χ3v) is 6.70. The molecule has 3 atom stereocenters. The number of ketones is 1. The second-order valence-corrected chi connectivity index (χ2v) is 9.56. The van der Waals surface area contributed by atoms with E-state index in [-0.39, 0.29) is 35.7 Å². The summed E-state index contributed by atoms with van der Waals surface area (Å²) in [5.41, 5.74) is 4.39. The minimum absolute atomic E-state index is 0.0645. The van der Waals surface area contributed by atoms with Gasteiger partial charge >= 0.3 is 12.1 Å². The zero-order valence-electron chi connectivity index (χ0n) is 19.4. The number of rotatable bonds is 6. The SMILES string of the molecule is C[C@@]1(F)C[C@@H](C(=O)C[C@H](CO)c2cccc(Cl)c2F)N(C(=O)Nc2cn(C(N)=O)c3ccccc23)C1. The number of amides is 3. The van der Waals surface area contributed by atoms with E-state index in [1.165, 1.54) is 35.9 Å². The molecule has 3 amide bonds. The number of likely N-dealkylation sites (tertiary alicyclic amines) is 1. The number of fused-ring (bicyclic) bond motifs is 1. The van der Waals surface area contributed by atoms with E-state index >= 15 is 4.39 Å². The molecule has 1 fully saturated rings. The topological polar surface area (TPSA) is 118 Å². The van der Waals surface area contributed by atoms with E-state index < -0.39 is 47.9 Å². The number of Topliss-reactive ketones (excluding diaryl/α,β-unsaturated/α-hetero) is 1. The van der Waals surface area contributed by atoms with Crippen LogP contribution in [0.2, 0.25) is 5.02 Å². The van der Waals surface area contributed by atoms with Gasteiger partial charge in [0.05, 0.1) is 35.4 Å². The fraction of sp³-hybridized carbons (Fsp3) is 0.320. The maximum atomic E-state index is 15.0. The predicted octanol–water partition coefficient (Wildman–Crippen LogP) is 4.43. The second kappa shape index (κ2) is 9.87. The number of nitrogens with two attached hydrogens (primary N) is 1. The van der Waals surface area contributed by atoms with Crippen LogP contribution in [0.3, 0.4) is 0 Å². The second-order valence-electron chi connectivity index (χ2n) is 9.15. The molecular formula is C25H25ClF2N4O4. The molecule has 2 heterocycles. The molecule has 2 aromatic carbocycles. The van der Waals surface area contributed by atoms with Crippen LogP contribution in [0.1, 0.15) is 31.2 Å². The number of aromatic nitrogens is 1. The first-order valence-corrected chi connectivity index (χ1v) is 11.6. The maximum absolute atomic E-state index is 15.0. The summed E-state index contributed by atoms with van der Waals surface area (Å²) in [4.78, 5) is 39.3. The first-order chi connectivity index (χ1) is 17.0. The maximum Gasteiger partial charge on any atom is 0.323 e. The van der Waals surface area contributed by atoms with E-state index in [9.17, 15) is 23.9 Å². The molecule has 1 aromatic heterocycles. The van der Waals surface area contributed by atoms with Crippen molar-refractivity contribution in [3.8, 4) is 0 Å². The number of carbonyl (C=O) groups excluding carboxylic acids is 3. The largest absolute Gasteiger partial charge is 0.396 e. The van der Waals surface area contributed by atoms with Gasteiger partial charge in [0.2, 0.25) is 0 Å². The summed E-state index contributed by atoms with van der Waals surface area (Å²) in [5.74, 6) is -2.18. The smallest absolute Gasteiger partial charge is 0.323 e. The van der Waals surface area contributed by atoms with E-state index in [2.05, 4.69) is 5.32 Å². The number of benzene rings is 2. The number of primary amides is 1. The minimum atomic E-state index is -1.84. The van der Waals surface area contributed by atoms with Gasteiger partial charge in [-0.1, -0.05) is 41.9 Å². The van der Waals surface area contributed by atoms with Crippen LogP contribution in [0.25, 0.3) is 10.9 Å². The monoisotopic (exact) mass is 518 g/mol. The van der Waals surface area contributed by atoms with Crippen LogP contribution in [0.5, 0.6) is 0 Å². The van der Waals surface area contributed by atoms with Crippen LogP contribution in [0.15, 0.2) is 48.7 Å². The van der Waals surface area contributed by atoms with E-state index in [1.807, 2.05) is 0 Å². The number of aliphatic hydroxyl groups is 1. The van der Waals surface area contributed by atoms with E-state index in [1.54, 1.807) is 24.3 Å². The Balaban J connectivity index is 1.58. The number of hydrogen-bond acceptors (Lipinski definition) is 4. The highest BCUT2D eigenvalue weighted by Crippen LogP contribution is 2.35. The number of para-hydroxylation sites is 1. The molecule has 1 aliphatic rings. The third kappa shape index (κ3) is 4.91. The molecule has 0 bridgehead atoms. The molecule has 3 aromatic rings. The number of hydrogen-bond donors (Lipinski definition) is 3. The highest BCUT2D eigenvalue weighted by Gasteiger charge is 2.47. The van der Waals surface area contributed by atoms with Gasteiger partial charge in [-0.05, 0) is 24.6 Å². The average Bonchev–Trinajstić information content (AvgIpc) is 3.37. The summed E-state index contributed by atoms with van der Waals surface area (Å²) < 4.78 is 30.7. The summed E-state index contributed by atoms with van der Waals surface area (Å²) in [6, 6.07) is 8.40. The van der Waals surface area contributed by atoms with E-state index in [4.69, 9.17) is 17.3 Å². The van der Waals surface area contributed by atoms with Crippen molar-refractivity contribution in [2.24, 2.45) is 5.73 Å². The van der Waals surface area contributed by atoms with Crippen molar-refractivity contribution in [1.29, 1.82) is 0 Å². The van der Waals surface area contributed by atoms with Crippen LogP contribution >= 0.6 is 11.6 Å². The molecule has 4 rings (SSSR count). The Morgan fingerprint density at radius 2 is 1.97 bits per heavy atom. The predicted molar refractivity (Wildman–Crippen MR) is 131 cm³/mol. The van der Waals surface area contributed by atoms with Crippen molar-refractivity contribution in [3.05, 3.63) is 65.1 Å². The molecule has 0 saturated carbocycles. The molecule has 11 heteroatoms. The van der Waals surface area contributed by atoms with Crippen molar-refractivity contribution in [3.63, 3.8) is 0 Å². The summed E-state index contributed by atoms with van der Waals surface area (Å²) in [6.45, 7) is 0.403. The Kier molecular flexibility index (Phi) is 7.01. The van der Waals surface area contributed by atoms with Gasteiger partial charge in [0, 0.05) is 30.3 Å². The molecule has 1 saturated heterocycles. The Hall–Kier alpha value is -3.50. The quantitative estimate of drug-likeness (QED) is 0.447. The highest BCUT2D eigenvalue weighted by atomic mass is 35.5. The normalized spacial score (nSPS) is 20.5. The standard InChI is InChI=1S/C25H25ClF2N4O4/c1-25(28)10-20(21(34)9-14(12-33)15-6-4-7-17(26)22(15)27)32(13-25)24(36)30-18-11-31(23(29)35)19-8-3-2-5-16(18)19/h2-8,11,14,20,33H,9-10,12-13H2,1H3,(H2,29,35)(H,30,36)/t14-,20+,25-/m1/s1. The van der Waals surface area contributed by atoms with Gasteiger partial charge in [-0.3, -0.25) is 9.36 Å². The third-order valence-electron chi connectivity index (χ3n) is 6.41. The van der Waals surface area contributed by atoms with Gasteiger partial charge < -0.3 is 21.1 Å². The molecule has 0 aliphatic carbocycles. The van der Waals surface area contributed by atoms with Crippen molar-refractivity contribution >= 4 is 46.0 Å². The van der Waals surface area contributed by atoms with Crippen molar-refractivity contribution in [1.82, 2.24) is 9.47 Å². The lowest BCUT2D eigenvalue weighted by atomic mass is 9.90. The summed E-state index contributed by atoms with van der Waals surface area (Å²) >= 11 is 5.84. The fourth-order valence-corrected chi connectivity index (χ4v) is 4.86. The zero-order valence-corrected chi connectivity index (χ0v) is 20.1. The number of nitrogens with zero attached hydrogens (tertiary/aromatic N) is 2. The zero-order chi connectivity index (χ0) is 26.2. The van der Waals surface area contributed by atoms with Gasteiger partial charge in [-0.2, -0.15) is 0 Å². The van der Waals surface area contributed by atoms with Gasteiger partial charge in [0.1, 0.15) is 11.5 Å². The van der Waals surface area contributed by atoms with Crippen LogP contribution in [0.4, 0.5) is 24.1 Å². The molecule has 0 unspecified atom stereocenters. The molecular weight excluding hydrogens is 494 g/mol. The summed E-state index contributed by atoms with van der Waals surface area (Å²) in [7, 11) is 0. The number of halogens is 3. The van der Waals surface area contributed by atoms with E-state index in [0.29, 0.717) is 10.9 Å². The van der Waals surface area contributed by atoms with Crippen LogP contribution < -0.4 is 11.1 Å². The molecule has 36 heavy (non-hydrogen) atoms. The Bertz CT molecular complexity index is 1340. The van der Waals surface area contributed by atoms with Gasteiger partial charge in [0.25, 0.3) is 0 Å². The van der Waals surface area contributed by atoms with Crippen LogP contribution in [-0.4, -0.2) is 57.3 Å². The van der Waals surface area contributed by atoms with E-state index in [0.717, 1.165) is 4.90 Å². The number of aliphatic hydroxyl groups excluding tert-OH is 1. The number of urea groups is 1. The van der Waals surface area contributed by atoms with Crippen LogP contribution in [0, 0.1) is 5.82 Å². The molecule has 0 radical (unpaired) electrons.